The number of nitrogens with zero attached hydrogens (tertiary/aromatic N) is 1. The van der Waals surface area contributed by atoms with Crippen molar-refractivity contribution in [2.24, 2.45) is 17.3 Å². The molecule has 5 heteroatoms. The maximum absolute atomic E-state index is 10.9. The molecule has 0 bridgehead atoms. The van der Waals surface area contributed by atoms with Crippen LogP contribution >= 0.6 is 0 Å². The standard InChI is InChI=1S/C11H11NO4/c1-11(2)7(9(11)10(14)15)3-4-8(13)16-6-5-12/h7,9H,6H2,1-2H3,(H,14,15)/p-1. The van der Waals surface area contributed by atoms with Crippen LogP contribution in [0.5, 0.6) is 0 Å². The molecule has 0 heterocycles. The van der Waals surface area contributed by atoms with E-state index in [4.69, 9.17) is 5.26 Å². The zero-order valence-electron chi connectivity index (χ0n) is 8.94. The van der Waals surface area contributed by atoms with Gasteiger partial charge in [-0.25, -0.2) is 4.79 Å². The van der Waals surface area contributed by atoms with Gasteiger partial charge in [-0.15, -0.1) is 0 Å². The van der Waals surface area contributed by atoms with Crippen LogP contribution < -0.4 is 5.11 Å². The van der Waals surface area contributed by atoms with Gasteiger partial charge in [0.1, 0.15) is 6.07 Å². The lowest BCUT2D eigenvalue weighted by Gasteiger charge is -2.00. The number of hydrogen-bond acceptors (Lipinski definition) is 5. The van der Waals surface area contributed by atoms with E-state index in [-0.39, 0.29) is 6.61 Å². The first-order valence-electron chi connectivity index (χ1n) is 4.67. The van der Waals surface area contributed by atoms with Gasteiger partial charge in [0.15, 0.2) is 6.61 Å². The summed E-state index contributed by atoms with van der Waals surface area (Å²) in [5, 5.41) is 18.8. The van der Waals surface area contributed by atoms with Crippen LogP contribution in [0.2, 0.25) is 0 Å². The van der Waals surface area contributed by atoms with Crippen molar-refractivity contribution in [2.75, 3.05) is 6.61 Å². The Kier molecular flexibility index (Phi) is 3.20. The number of esters is 1. The number of carboxylic acids is 1. The van der Waals surface area contributed by atoms with Crippen molar-refractivity contribution in [3.05, 3.63) is 0 Å². The maximum atomic E-state index is 10.9. The van der Waals surface area contributed by atoms with E-state index in [9.17, 15) is 14.7 Å². The minimum absolute atomic E-state index is 0.356. The van der Waals surface area contributed by atoms with Gasteiger partial charge in [-0.2, -0.15) is 5.26 Å². The van der Waals surface area contributed by atoms with Crippen molar-refractivity contribution in [3.63, 3.8) is 0 Å². The number of carbonyl (C=O) groups excluding carboxylic acids is 2. The molecular weight excluding hydrogens is 210 g/mol. The molecule has 0 spiro atoms. The summed E-state index contributed by atoms with van der Waals surface area (Å²) in [7, 11) is 0. The van der Waals surface area contributed by atoms with Crippen molar-refractivity contribution in [1.82, 2.24) is 0 Å². The number of rotatable bonds is 2. The minimum atomic E-state index is -1.16. The average molecular weight is 220 g/mol. The second-order valence-corrected chi connectivity index (χ2v) is 4.10. The summed E-state index contributed by atoms with van der Waals surface area (Å²) >= 11 is 0. The van der Waals surface area contributed by atoms with Crippen LogP contribution in [0, 0.1) is 40.4 Å². The number of carboxylic acid groups (broad SMARTS) is 1. The number of carbonyl (C=O) groups is 2. The fourth-order valence-corrected chi connectivity index (χ4v) is 1.62. The average Bonchev–Trinajstić information content (AvgIpc) is 2.74. The number of ether oxygens (including phenoxy) is 1. The van der Waals surface area contributed by atoms with E-state index in [1.165, 1.54) is 0 Å². The fraction of sp³-hybridized carbons (Fsp3) is 0.545. The Morgan fingerprint density at radius 3 is 2.56 bits per heavy atom. The van der Waals surface area contributed by atoms with Gasteiger partial charge in [-0.3, -0.25) is 0 Å². The third-order valence-corrected chi connectivity index (χ3v) is 2.68. The molecule has 2 unspecified atom stereocenters. The molecule has 0 saturated heterocycles. The SMILES string of the molecule is CC1(C)C(C#CC(=O)OCC#N)C1C(=O)[O-]. The van der Waals surface area contributed by atoms with Gasteiger partial charge in [0, 0.05) is 23.7 Å². The second kappa shape index (κ2) is 4.24. The smallest absolute Gasteiger partial charge is 0.385 e. The topological polar surface area (TPSA) is 90.2 Å². The van der Waals surface area contributed by atoms with Crippen molar-refractivity contribution < 1.29 is 19.4 Å². The van der Waals surface area contributed by atoms with Crippen LogP contribution in [0.15, 0.2) is 0 Å². The highest BCUT2D eigenvalue weighted by atomic mass is 16.5. The number of aliphatic carboxylic acids is 1. The van der Waals surface area contributed by atoms with Crippen LogP contribution in [-0.4, -0.2) is 18.5 Å². The molecule has 0 N–H and O–H groups in total. The molecule has 0 radical (unpaired) electrons. The lowest BCUT2D eigenvalue weighted by Crippen LogP contribution is -2.26. The van der Waals surface area contributed by atoms with E-state index in [1.807, 2.05) is 0 Å². The van der Waals surface area contributed by atoms with Gasteiger partial charge >= 0.3 is 5.97 Å². The van der Waals surface area contributed by atoms with E-state index in [0.717, 1.165) is 0 Å². The summed E-state index contributed by atoms with van der Waals surface area (Å²) in [6.45, 7) is 3.13. The third-order valence-electron chi connectivity index (χ3n) is 2.68. The highest BCUT2D eigenvalue weighted by molar-refractivity contribution is 5.89. The van der Waals surface area contributed by atoms with E-state index in [2.05, 4.69) is 16.6 Å². The predicted molar refractivity (Wildman–Crippen MR) is 50.1 cm³/mol. The molecule has 1 saturated carbocycles. The Hall–Kier alpha value is -2.01. The molecule has 1 aliphatic carbocycles. The molecule has 5 nitrogen and oxygen atoms in total. The summed E-state index contributed by atoms with van der Waals surface area (Å²) in [6.07, 6.45) is 0. The highest BCUT2D eigenvalue weighted by Crippen LogP contribution is 2.57. The van der Waals surface area contributed by atoms with E-state index in [1.54, 1.807) is 19.9 Å². The van der Waals surface area contributed by atoms with Crippen LogP contribution in [-0.2, 0) is 14.3 Å². The molecule has 0 aromatic rings. The van der Waals surface area contributed by atoms with Gasteiger partial charge in [-0.1, -0.05) is 19.8 Å². The van der Waals surface area contributed by atoms with E-state index in [0.29, 0.717) is 0 Å². The van der Waals surface area contributed by atoms with Crippen LogP contribution in [0.1, 0.15) is 13.8 Å². The van der Waals surface area contributed by atoms with Crippen LogP contribution in [0.25, 0.3) is 0 Å². The van der Waals surface area contributed by atoms with Crippen molar-refractivity contribution in [2.45, 2.75) is 13.8 Å². The summed E-state index contributed by atoms with van der Waals surface area (Å²) in [5.41, 5.74) is -0.471. The van der Waals surface area contributed by atoms with Crippen molar-refractivity contribution >= 4 is 11.9 Å². The second-order valence-electron chi connectivity index (χ2n) is 4.10. The molecule has 1 aliphatic rings. The van der Waals surface area contributed by atoms with Gasteiger partial charge in [0.05, 0.1) is 0 Å². The number of hydrogen-bond donors (Lipinski definition) is 0. The summed E-state index contributed by atoms with van der Waals surface area (Å²) in [5.74, 6) is 1.68. The Bertz CT molecular complexity index is 421. The molecule has 0 aliphatic heterocycles. The molecule has 84 valence electrons. The van der Waals surface area contributed by atoms with Gasteiger partial charge in [-0.05, 0) is 5.41 Å². The van der Waals surface area contributed by atoms with Crippen LogP contribution in [0.4, 0.5) is 0 Å². The minimum Gasteiger partial charge on any atom is -0.550 e. The first-order valence-corrected chi connectivity index (χ1v) is 4.67. The monoisotopic (exact) mass is 220 g/mol. The molecular formula is C11H10NO4-. The zero-order valence-corrected chi connectivity index (χ0v) is 8.94. The lowest BCUT2D eigenvalue weighted by molar-refractivity contribution is -0.308. The summed E-state index contributed by atoms with van der Waals surface area (Å²) in [4.78, 5) is 21.6. The predicted octanol–water partition coefficient (Wildman–Crippen LogP) is -0.921. The molecule has 1 fully saturated rings. The maximum Gasteiger partial charge on any atom is 0.385 e. The molecule has 0 aromatic heterocycles. The summed E-state index contributed by atoms with van der Waals surface area (Å²) in [6, 6.07) is 1.63. The third kappa shape index (κ3) is 2.32. The normalized spacial score (nSPS) is 24.6. The summed E-state index contributed by atoms with van der Waals surface area (Å²) < 4.78 is 4.40. The highest BCUT2D eigenvalue weighted by Gasteiger charge is 2.57. The van der Waals surface area contributed by atoms with Gasteiger partial charge < -0.3 is 14.6 Å². The first kappa shape index (κ1) is 12.1. The Balaban J connectivity index is 2.58. The fourth-order valence-electron chi connectivity index (χ4n) is 1.62. The zero-order chi connectivity index (χ0) is 12.3. The molecule has 16 heavy (non-hydrogen) atoms. The van der Waals surface area contributed by atoms with Gasteiger partial charge in [0.25, 0.3) is 0 Å². The van der Waals surface area contributed by atoms with Crippen molar-refractivity contribution in [1.29, 1.82) is 5.26 Å². The Morgan fingerprint density at radius 2 is 2.12 bits per heavy atom. The number of nitriles is 1. The largest absolute Gasteiger partial charge is 0.550 e. The first-order chi connectivity index (χ1) is 7.41. The Morgan fingerprint density at radius 1 is 1.50 bits per heavy atom. The molecule has 2 atom stereocenters. The Labute approximate surface area is 93.0 Å². The van der Waals surface area contributed by atoms with Gasteiger partial charge in [0.2, 0.25) is 0 Å². The lowest BCUT2D eigenvalue weighted by atomic mass is 10.1. The quantitative estimate of drug-likeness (QED) is 0.341. The van der Waals surface area contributed by atoms with Crippen molar-refractivity contribution in [3.8, 4) is 17.9 Å². The molecule has 0 aromatic carbocycles. The van der Waals surface area contributed by atoms with Crippen LogP contribution in [0.3, 0.4) is 0 Å². The molecule has 0 amide bonds. The van der Waals surface area contributed by atoms with E-state index >= 15 is 0 Å². The van der Waals surface area contributed by atoms with E-state index < -0.39 is 29.2 Å². The molecule has 1 rings (SSSR count).